The number of benzene rings is 6. The first-order valence-electron chi connectivity index (χ1n) is 17.8. The van der Waals surface area contributed by atoms with Gasteiger partial charge in [-0.05, 0) is 95.4 Å². The van der Waals surface area contributed by atoms with Gasteiger partial charge < -0.3 is 14.9 Å². The van der Waals surface area contributed by atoms with Gasteiger partial charge in [-0.15, -0.1) is 0 Å². The molecule has 0 radical (unpaired) electrons. The summed E-state index contributed by atoms with van der Waals surface area (Å²) in [7, 11) is -6.65. The number of hydrogen-bond donors (Lipinski definition) is 2. The minimum Gasteiger partial charge on any atom is -0.496 e. The standard InChI is InChI=1S/C44H40N2O9S2/c1-31-24-34(29-45(27-32-8-4-3-5-9-32)56(51,52)40-20-16-36(17-21-40)43(47)48)26-39(25-31)35-14-12-33(13-15-35)28-46(30-38-10-6-7-11-42(38)55-2)57(53,54)41-22-18-37(19-23-41)44(49)50/h3-26H,27-30H2,1-2H3,(H,47,48)(H,49,50). The van der Waals surface area contributed by atoms with Gasteiger partial charge in [-0.2, -0.15) is 8.61 Å². The third kappa shape index (κ3) is 9.65. The van der Waals surface area contributed by atoms with E-state index in [4.69, 9.17) is 4.74 Å². The highest BCUT2D eigenvalue weighted by atomic mass is 32.2. The number of carbonyl (C=O) groups is 2. The summed E-state index contributed by atoms with van der Waals surface area (Å²) in [5.41, 5.74) is 5.37. The predicted octanol–water partition coefficient (Wildman–Crippen LogP) is 7.85. The Morgan fingerprint density at radius 2 is 1.00 bits per heavy atom. The lowest BCUT2D eigenvalue weighted by molar-refractivity contribution is 0.0686. The first kappa shape index (κ1) is 40.5. The number of methoxy groups -OCH3 is 1. The number of sulfonamides is 2. The Bertz CT molecular complexity index is 2600. The second-order valence-electron chi connectivity index (χ2n) is 13.4. The molecule has 13 heteroatoms. The zero-order valence-electron chi connectivity index (χ0n) is 31.1. The van der Waals surface area contributed by atoms with Gasteiger partial charge in [0.1, 0.15) is 5.75 Å². The van der Waals surface area contributed by atoms with Gasteiger partial charge in [0.25, 0.3) is 0 Å². The molecule has 0 spiro atoms. The molecule has 6 aromatic carbocycles. The van der Waals surface area contributed by atoms with Crippen LogP contribution in [0.4, 0.5) is 0 Å². The lowest BCUT2D eigenvalue weighted by Gasteiger charge is -2.24. The van der Waals surface area contributed by atoms with Crippen LogP contribution in [0, 0.1) is 6.92 Å². The fourth-order valence-electron chi connectivity index (χ4n) is 6.43. The molecule has 6 aromatic rings. The van der Waals surface area contributed by atoms with Crippen molar-refractivity contribution in [3.63, 3.8) is 0 Å². The third-order valence-electron chi connectivity index (χ3n) is 9.36. The van der Waals surface area contributed by atoms with Crippen LogP contribution in [0.25, 0.3) is 11.1 Å². The van der Waals surface area contributed by atoms with Crippen molar-refractivity contribution in [2.45, 2.75) is 42.9 Å². The molecule has 292 valence electrons. The van der Waals surface area contributed by atoms with Crippen molar-refractivity contribution in [3.8, 4) is 16.9 Å². The first-order chi connectivity index (χ1) is 27.2. The second-order valence-corrected chi connectivity index (χ2v) is 17.3. The third-order valence-corrected chi connectivity index (χ3v) is 13.0. The Hall–Kier alpha value is -6.12. The number of carboxylic acid groups (broad SMARTS) is 2. The molecule has 0 aromatic heterocycles. The first-order valence-corrected chi connectivity index (χ1v) is 20.7. The Kier molecular flexibility index (Phi) is 12.3. The molecule has 0 aliphatic heterocycles. The molecule has 0 unspecified atom stereocenters. The zero-order valence-corrected chi connectivity index (χ0v) is 32.8. The number of hydrogen-bond acceptors (Lipinski definition) is 7. The Labute approximate surface area is 332 Å². The summed E-state index contributed by atoms with van der Waals surface area (Å²) in [6.07, 6.45) is 0. The average Bonchev–Trinajstić information content (AvgIpc) is 3.21. The van der Waals surface area contributed by atoms with E-state index in [-0.39, 0.29) is 47.1 Å². The fourth-order valence-corrected chi connectivity index (χ4v) is 9.25. The van der Waals surface area contributed by atoms with Gasteiger partial charge in [0.2, 0.25) is 20.0 Å². The van der Waals surface area contributed by atoms with Crippen molar-refractivity contribution < 1.29 is 41.4 Å². The predicted molar refractivity (Wildman–Crippen MR) is 216 cm³/mol. The van der Waals surface area contributed by atoms with Crippen molar-refractivity contribution in [1.29, 1.82) is 0 Å². The van der Waals surface area contributed by atoms with E-state index in [0.717, 1.165) is 27.8 Å². The van der Waals surface area contributed by atoms with Gasteiger partial charge in [0, 0.05) is 31.7 Å². The van der Waals surface area contributed by atoms with Crippen LogP contribution in [0.2, 0.25) is 0 Å². The van der Waals surface area contributed by atoms with Crippen LogP contribution in [0.5, 0.6) is 5.75 Å². The number of nitrogens with zero attached hydrogens (tertiary/aromatic N) is 2. The maximum atomic E-state index is 14.1. The largest absolute Gasteiger partial charge is 0.496 e. The SMILES string of the molecule is COc1ccccc1CN(Cc1ccc(-c2cc(C)cc(CN(Cc3ccccc3)S(=O)(=O)c3ccc(C(=O)O)cc3)c2)cc1)S(=O)(=O)c1ccc(C(=O)O)cc1. The summed E-state index contributed by atoms with van der Waals surface area (Å²) in [5.74, 6) is -1.79. The number of rotatable bonds is 16. The number of ether oxygens (including phenoxy) is 1. The summed E-state index contributed by atoms with van der Waals surface area (Å²) in [4.78, 5) is 22.8. The summed E-state index contributed by atoms with van der Waals surface area (Å²) in [6.45, 7) is 2.03. The molecule has 11 nitrogen and oxygen atoms in total. The highest BCUT2D eigenvalue weighted by Gasteiger charge is 2.28. The van der Waals surface area contributed by atoms with E-state index in [1.807, 2.05) is 79.7 Å². The van der Waals surface area contributed by atoms with Gasteiger partial charge in [-0.25, -0.2) is 26.4 Å². The van der Waals surface area contributed by atoms with Crippen LogP contribution in [0.15, 0.2) is 155 Å². The van der Waals surface area contributed by atoms with Gasteiger partial charge in [-0.3, -0.25) is 0 Å². The lowest BCUT2D eigenvalue weighted by Crippen LogP contribution is -2.30. The molecule has 0 bridgehead atoms. The molecular formula is C44H40N2O9S2. The smallest absolute Gasteiger partial charge is 0.335 e. The lowest BCUT2D eigenvalue weighted by atomic mass is 9.99. The maximum absolute atomic E-state index is 14.1. The molecule has 0 heterocycles. The van der Waals surface area contributed by atoms with E-state index in [1.54, 1.807) is 24.3 Å². The Balaban J connectivity index is 1.29. The molecule has 0 aliphatic carbocycles. The molecular weight excluding hydrogens is 765 g/mol. The van der Waals surface area contributed by atoms with Crippen LogP contribution in [-0.4, -0.2) is 54.7 Å². The van der Waals surface area contributed by atoms with E-state index in [2.05, 4.69) is 0 Å². The van der Waals surface area contributed by atoms with Crippen molar-refractivity contribution in [2.75, 3.05) is 7.11 Å². The number of carboxylic acids is 2. The quantitative estimate of drug-likeness (QED) is 0.0994. The number of para-hydroxylation sites is 1. The highest BCUT2D eigenvalue weighted by molar-refractivity contribution is 7.89. The van der Waals surface area contributed by atoms with Gasteiger partial charge in [0.05, 0.1) is 28.0 Å². The van der Waals surface area contributed by atoms with Gasteiger partial charge in [-0.1, -0.05) is 90.5 Å². The fraction of sp³-hybridized carbons (Fsp3) is 0.136. The molecule has 0 aliphatic rings. The molecule has 0 fully saturated rings. The molecule has 0 saturated carbocycles. The van der Waals surface area contributed by atoms with Crippen molar-refractivity contribution >= 4 is 32.0 Å². The van der Waals surface area contributed by atoms with E-state index >= 15 is 0 Å². The minimum atomic E-state index is -4.11. The van der Waals surface area contributed by atoms with Crippen LogP contribution < -0.4 is 4.74 Å². The molecule has 0 atom stereocenters. The van der Waals surface area contributed by atoms with Gasteiger partial charge in [0.15, 0.2) is 0 Å². The number of aromatic carboxylic acids is 2. The molecule has 0 amide bonds. The maximum Gasteiger partial charge on any atom is 0.335 e. The molecule has 57 heavy (non-hydrogen) atoms. The van der Waals surface area contributed by atoms with E-state index in [9.17, 15) is 36.6 Å². The van der Waals surface area contributed by atoms with Crippen LogP contribution in [-0.2, 0) is 46.2 Å². The topological polar surface area (TPSA) is 159 Å². The summed E-state index contributed by atoms with van der Waals surface area (Å²) in [6, 6.07) is 39.8. The molecule has 2 N–H and O–H groups in total. The Morgan fingerprint density at radius 1 is 0.526 bits per heavy atom. The molecule has 0 saturated heterocycles. The summed E-state index contributed by atoms with van der Waals surface area (Å²) in [5, 5.41) is 18.7. The molecule has 6 rings (SSSR count). The van der Waals surface area contributed by atoms with Crippen molar-refractivity contribution in [2.24, 2.45) is 0 Å². The summed E-state index contributed by atoms with van der Waals surface area (Å²) >= 11 is 0. The highest BCUT2D eigenvalue weighted by Crippen LogP contribution is 2.29. The van der Waals surface area contributed by atoms with Crippen LogP contribution in [0.1, 0.15) is 48.5 Å². The average molecular weight is 805 g/mol. The van der Waals surface area contributed by atoms with Gasteiger partial charge >= 0.3 is 11.9 Å². The number of aryl methyl sites for hydroxylation is 1. The minimum absolute atomic E-state index is 0.000160. The zero-order chi connectivity index (χ0) is 40.7. The van der Waals surface area contributed by atoms with E-state index in [0.29, 0.717) is 16.9 Å². The monoisotopic (exact) mass is 804 g/mol. The van der Waals surface area contributed by atoms with E-state index < -0.39 is 32.0 Å². The van der Waals surface area contributed by atoms with E-state index in [1.165, 1.54) is 64.3 Å². The van der Waals surface area contributed by atoms with Crippen LogP contribution in [0.3, 0.4) is 0 Å². The normalized spacial score (nSPS) is 11.8. The van der Waals surface area contributed by atoms with Crippen molar-refractivity contribution in [1.82, 2.24) is 8.61 Å². The Morgan fingerprint density at radius 3 is 1.53 bits per heavy atom. The van der Waals surface area contributed by atoms with Crippen LogP contribution >= 0.6 is 0 Å². The summed E-state index contributed by atoms with van der Waals surface area (Å²) < 4.78 is 64.4. The van der Waals surface area contributed by atoms with Crippen molar-refractivity contribution in [3.05, 3.63) is 185 Å². The second kappa shape index (κ2) is 17.3.